The highest BCUT2D eigenvalue weighted by atomic mass is 35.5. The molecule has 1 saturated carbocycles. The van der Waals surface area contributed by atoms with Gasteiger partial charge in [-0.25, -0.2) is 9.59 Å². The number of hydrogen-bond acceptors (Lipinski definition) is 14. The van der Waals surface area contributed by atoms with Gasteiger partial charge in [-0.2, -0.15) is 0 Å². The average Bonchev–Trinajstić information content (AvgIpc) is 3.91. The van der Waals surface area contributed by atoms with Crippen LogP contribution in [0.2, 0.25) is 5.02 Å². The number of aliphatic hydroxyl groups is 1. The molecule has 3 N–H and O–H groups in total. The van der Waals surface area contributed by atoms with Crippen LogP contribution < -0.4 is 15.0 Å². The number of hydrogen-bond donors (Lipinski definition) is 3. The fourth-order valence-electron chi connectivity index (χ4n) is 9.51. The van der Waals surface area contributed by atoms with E-state index in [1.54, 1.807) is 45.2 Å². The van der Waals surface area contributed by atoms with Crippen molar-refractivity contribution in [3.8, 4) is 5.75 Å². The fraction of sp³-hybridized carbons (Fsp3) is 0.638. The van der Waals surface area contributed by atoms with E-state index in [-0.39, 0.29) is 60.7 Å². The number of benzene rings is 1. The van der Waals surface area contributed by atoms with Crippen LogP contribution in [0.1, 0.15) is 84.6 Å². The number of carboxylic acid groups (broad SMARTS) is 1. The van der Waals surface area contributed by atoms with Crippen molar-refractivity contribution >= 4 is 70.7 Å². The first-order valence-electron chi connectivity index (χ1n) is 22.6. The van der Waals surface area contributed by atoms with Crippen LogP contribution in [0, 0.1) is 17.8 Å². The Labute approximate surface area is 400 Å². The second kappa shape index (κ2) is 21.3. The first kappa shape index (κ1) is 51.7. The number of carbonyl (C=O) groups is 7. The maximum absolute atomic E-state index is 14.3. The van der Waals surface area contributed by atoms with Crippen molar-refractivity contribution in [3.05, 3.63) is 46.5 Å². The molecule has 0 aromatic heterocycles. The number of thioether (sulfide) groups is 1. The minimum Gasteiger partial charge on any atom is -0.495 e. The summed E-state index contributed by atoms with van der Waals surface area (Å²) >= 11 is 8.00. The Morgan fingerprint density at radius 2 is 1.79 bits per heavy atom. The average molecular weight is 976 g/mol. The zero-order chi connectivity index (χ0) is 49.1. The smallest absolute Gasteiger partial charge is 0.409 e. The molecular weight excluding hydrogens is 912 g/mol. The number of halogens is 1. The van der Waals surface area contributed by atoms with Gasteiger partial charge in [-0.05, 0) is 76.5 Å². The first-order valence-corrected chi connectivity index (χ1v) is 24.1. The number of imide groups is 1. The van der Waals surface area contributed by atoms with Gasteiger partial charge in [-0.15, -0.1) is 11.8 Å². The molecule has 5 aliphatic rings. The van der Waals surface area contributed by atoms with E-state index in [4.69, 9.17) is 35.3 Å². The number of methoxy groups -OCH3 is 2. The van der Waals surface area contributed by atoms with Crippen molar-refractivity contribution < 1.29 is 67.5 Å². The number of anilines is 1. The number of epoxide rings is 1. The van der Waals surface area contributed by atoms with E-state index in [0.29, 0.717) is 43.5 Å². The number of allylic oxidation sites excluding steroid dienone is 3. The summed E-state index contributed by atoms with van der Waals surface area (Å²) in [5, 5.41) is 23.2. The van der Waals surface area contributed by atoms with Gasteiger partial charge < -0.3 is 43.7 Å². The Bertz CT molecular complexity index is 2170. The van der Waals surface area contributed by atoms with Crippen molar-refractivity contribution in [2.45, 2.75) is 133 Å². The summed E-state index contributed by atoms with van der Waals surface area (Å²) in [7, 11) is 5.87. The number of aliphatic carboxylic acids is 1. The third kappa shape index (κ3) is 11.6. The number of nitrogens with one attached hydrogen (secondary N) is 1. The molecule has 4 aliphatic heterocycles. The van der Waals surface area contributed by atoms with Crippen molar-refractivity contribution in [2.24, 2.45) is 17.8 Å². The molecule has 20 heteroatoms. The number of esters is 1. The number of likely N-dealkylation sites (tertiary alicyclic amines) is 1. The van der Waals surface area contributed by atoms with E-state index in [1.165, 1.54) is 54.7 Å². The second-order valence-electron chi connectivity index (χ2n) is 18.6. The molecule has 1 aliphatic carbocycles. The van der Waals surface area contributed by atoms with Crippen LogP contribution in [0.4, 0.5) is 10.5 Å². The number of carboxylic acids is 1. The molecular formula is C47H63ClN4O14S. The van der Waals surface area contributed by atoms with Gasteiger partial charge in [0, 0.05) is 58.7 Å². The molecule has 4 fully saturated rings. The molecule has 18 nitrogen and oxygen atoms in total. The topological polar surface area (TPSA) is 231 Å². The van der Waals surface area contributed by atoms with Crippen LogP contribution in [0.25, 0.3) is 0 Å². The maximum atomic E-state index is 14.3. The van der Waals surface area contributed by atoms with Crippen LogP contribution in [0.5, 0.6) is 5.75 Å². The summed E-state index contributed by atoms with van der Waals surface area (Å²) in [6, 6.07) is 2.40. The van der Waals surface area contributed by atoms with Crippen LogP contribution in [-0.4, -0.2) is 149 Å². The van der Waals surface area contributed by atoms with Gasteiger partial charge in [0.15, 0.2) is 5.72 Å². The molecule has 3 saturated heterocycles. The lowest BCUT2D eigenvalue weighted by Crippen LogP contribution is -2.63. The Kier molecular flexibility index (Phi) is 16.4. The van der Waals surface area contributed by atoms with Gasteiger partial charge in [0.1, 0.15) is 40.7 Å². The molecule has 6 rings (SSSR count). The van der Waals surface area contributed by atoms with E-state index in [9.17, 15) is 43.8 Å². The number of ether oxygens (including phenoxy) is 5. The number of amides is 5. The lowest BCUT2D eigenvalue weighted by Gasteiger charge is -2.42. The SMILES string of the molecule is COc1cc2cc(c1Cl)N(C)C(=O)CC(OC(=O)C(C)N(C)C(=O)CCSC1CC(=O)N(CC3CCC(C(=O)O)CC3)C1=O)C1(C)OC1C(C)C1CC(O)(NC(=O)O1)C(OC)/C=C/C=C(\C)C2. The Hall–Kier alpha value is -4.69. The third-order valence-electron chi connectivity index (χ3n) is 14.0. The highest BCUT2D eigenvalue weighted by Gasteiger charge is 2.64. The monoisotopic (exact) mass is 974 g/mol. The molecule has 0 radical (unpaired) electrons. The summed E-state index contributed by atoms with van der Waals surface area (Å²) in [6.07, 6.45) is 2.63. The van der Waals surface area contributed by atoms with E-state index < -0.39 is 88.7 Å². The molecule has 9 atom stereocenters. The van der Waals surface area contributed by atoms with Crippen LogP contribution in [0.15, 0.2) is 35.9 Å². The van der Waals surface area contributed by atoms with Crippen molar-refractivity contribution in [2.75, 3.05) is 45.5 Å². The molecule has 4 bridgehead atoms. The minimum absolute atomic E-state index is 0.00460. The van der Waals surface area contributed by atoms with Gasteiger partial charge in [0.05, 0.1) is 36.5 Å². The molecule has 9 unspecified atom stereocenters. The number of rotatable bonds is 12. The normalized spacial score (nSPS) is 33.1. The van der Waals surface area contributed by atoms with E-state index in [1.807, 2.05) is 13.0 Å². The summed E-state index contributed by atoms with van der Waals surface area (Å²) in [5.41, 5.74) is -1.16. The van der Waals surface area contributed by atoms with Crippen LogP contribution in [0.3, 0.4) is 0 Å². The minimum atomic E-state index is -1.88. The molecule has 4 heterocycles. The van der Waals surface area contributed by atoms with E-state index in [2.05, 4.69) is 5.32 Å². The standard InChI is InChI=1S/C47H63ClN4O14S/c1-25-10-9-11-35(63-8)47(61)23-33(64-45(60)49-47)26(2)41-46(4,66-41)36(22-38(54)51(6)31-19-29(18-25)20-32(62-7)40(31)48)65-44(59)27(3)50(5)37(53)16-17-67-34-21-39(55)52(42(34)56)24-28-12-14-30(15-13-28)43(57)58/h9-11,19-20,26-28,30,33-36,41,61H,12-18,21-24H2,1-8H3,(H,49,60)(H,57,58)/b11-9+,25-10+. The first-order chi connectivity index (χ1) is 31.6. The van der Waals surface area contributed by atoms with E-state index in [0.717, 1.165) is 11.1 Å². The molecule has 1 aromatic rings. The Morgan fingerprint density at radius 3 is 2.45 bits per heavy atom. The van der Waals surface area contributed by atoms with Gasteiger partial charge in [-0.3, -0.25) is 34.2 Å². The largest absolute Gasteiger partial charge is 0.495 e. The zero-order valence-electron chi connectivity index (χ0n) is 39.3. The summed E-state index contributed by atoms with van der Waals surface area (Å²) in [6.45, 7) is 7.10. The summed E-state index contributed by atoms with van der Waals surface area (Å²) in [4.78, 5) is 96.2. The van der Waals surface area contributed by atoms with Gasteiger partial charge in [0.2, 0.25) is 23.6 Å². The highest BCUT2D eigenvalue weighted by Crippen LogP contribution is 2.49. The molecule has 5 amide bonds. The van der Waals surface area contributed by atoms with Crippen LogP contribution in [-0.2, 0) is 54.1 Å². The number of likely N-dealkylation sites (N-methyl/N-ethyl adjacent to an activating group) is 1. The zero-order valence-corrected chi connectivity index (χ0v) is 40.9. The fourth-order valence-corrected chi connectivity index (χ4v) is 10.9. The molecule has 1 aromatic carbocycles. The number of alkyl carbamates (subject to hydrolysis) is 1. The van der Waals surface area contributed by atoms with Crippen LogP contribution >= 0.6 is 23.4 Å². The second-order valence-corrected chi connectivity index (χ2v) is 20.3. The summed E-state index contributed by atoms with van der Waals surface area (Å²) in [5.74, 6) is -3.58. The van der Waals surface area contributed by atoms with Gasteiger partial charge in [0.25, 0.3) is 0 Å². The van der Waals surface area contributed by atoms with Gasteiger partial charge >= 0.3 is 18.0 Å². The number of carbonyl (C=O) groups excluding carboxylic acids is 6. The predicted molar refractivity (Wildman–Crippen MR) is 246 cm³/mol. The third-order valence-corrected chi connectivity index (χ3v) is 15.6. The van der Waals surface area contributed by atoms with Gasteiger partial charge in [-0.1, -0.05) is 42.3 Å². The summed E-state index contributed by atoms with van der Waals surface area (Å²) < 4.78 is 29.4. The van der Waals surface area contributed by atoms with E-state index >= 15 is 0 Å². The van der Waals surface area contributed by atoms with Crippen molar-refractivity contribution in [1.29, 1.82) is 0 Å². The molecule has 67 heavy (non-hydrogen) atoms. The molecule has 0 spiro atoms. The Balaban J connectivity index is 1.16. The lowest BCUT2D eigenvalue weighted by atomic mass is 9.82. The van der Waals surface area contributed by atoms with Crippen molar-refractivity contribution in [1.82, 2.24) is 15.1 Å². The highest BCUT2D eigenvalue weighted by molar-refractivity contribution is 8.00. The van der Waals surface area contributed by atoms with Crippen molar-refractivity contribution in [3.63, 3.8) is 0 Å². The predicted octanol–water partition coefficient (Wildman–Crippen LogP) is 4.66. The maximum Gasteiger partial charge on any atom is 0.409 e. The molecule has 368 valence electrons. The number of fused-ring (bicyclic) bond motifs is 5. The lowest BCUT2D eigenvalue weighted by molar-refractivity contribution is -0.162. The number of nitrogens with zero attached hydrogens (tertiary/aromatic N) is 3. The Morgan fingerprint density at radius 1 is 1.09 bits per heavy atom. The quantitative estimate of drug-likeness (QED) is 0.147.